The van der Waals surface area contributed by atoms with Crippen LogP contribution in [0.1, 0.15) is 22.4 Å². The van der Waals surface area contributed by atoms with Crippen molar-refractivity contribution in [1.82, 2.24) is 0 Å². The zero-order chi connectivity index (χ0) is 7.84. The summed E-state index contributed by atoms with van der Waals surface area (Å²) in [4.78, 5) is 0.579. The van der Waals surface area contributed by atoms with Crippen LogP contribution >= 0.6 is 31.9 Å². The van der Waals surface area contributed by atoms with Crippen LogP contribution in [0.4, 0.5) is 0 Å². The van der Waals surface area contributed by atoms with Crippen LogP contribution in [-0.4, -0.2) is 0 Å². The van der Waals surface area contributed by atoms with Crippen molar-refractivity contribution in [3.8, 4) is 0 Å². The van der Waals surface area contributed by atoms with Crippen LogP contribution in [0.25, 0.3) is 0 Å². The first kappa shape index (κ1) is 7.81. The van der Waals surface area contributed by atoms with Crippen molar-refractivity contribution in [3.63, 3.8) is 0 Å². The molecule has 0 fully saturated rings. The standard InChI is InChI=1S/C9H8Br2/c10-7-3-1-6-2-4-9(11)8(6)5-7/h1,3,5,9H,2,4H2. The van der Waals surface area contributed by atoms with Gasteiger partial charge in [-0.1, -0.05) is 37.9 Å². The number of aryl methyl sites for hydroxylation is 1. The van der Waals surface area contributed by atoms with Crippen LogP contribution in [-0.2, 0) is 6.42 Å². The summed E-state index contributed by atoms with van der Waals surface area (Å²) in [5.74, 6) is 0. The minimum atomic E-state index is 0.579. The lowest BCUT2D eigenvalue weighted by Crippen LogP contribution is -1.82. The Labute approximate surface area is 83.3 Å². The van der Waals surface area contributed by atoms with Gasteiger partial charge in [0.25, 0.3) is 0 Å². The highest BCUT2D eigenvalue weighted by molar-refractivity contribution is 9.10. The van der Waals surface area contributed by atoms with Gasteiger partial charge in [0.1, 0.15) is 0 Å². The second-order valence-corrected chi connectivity index (χ2v) is 4.87. The van der Waals surface area contributed by atoms with E-state index in [1.807, 2.05) is 0 Å². The van der Waals surface area contributed by atoms with E-state index in [1.54, 1.807) is 0 Å². The zero-order valence-corrected chi connectivity index (χ0v) is 9.15. The summed E-state index contributed by atoms with van der Waals surface area (Å²) in [5, 5.41) is 0. The molecule has 1 aliphatic rings. The van der Waals surface area contributed by atoms with Gasteiger partial charge in [0.15, 0.2) is 0 Å². The largest absolute Gasteiger partial charge is 0.0839 e. The molecule has 0 aromatic heterocycles. The Morgan fingerprint density at radius 1 is 1.36 bits per heavy atom. The highest BCUT2D eigenvalue weighted by Crippen LogP contribution is 2.38. The summed E-state index contributed by atoms with van der Waals surface area (Å²) in [6.45, 7) is 0. The number of hydrogen-bond acceptors (Lipinski definition) is 0. The molecule has 1 atom stereocenters. The maximum absolute atomic E-state index is 3.65. The molecule has 0 N–H and O–H groups in total. The molecule has 0 saturated heterocycles. The molecular weight excluding hydrogens is 268 g/mol. The van der Waals surface area contributed by atoms with E-state index in [-0.39, 0.29) is 0 Å². The fourth-order valence-electron chi connectivity index (χ4n) is 1.52. The van der Waals surface area contributed by atoms with Gasteiger partial charge in [0.2, 0.25) is 0 Å². The number of benzene rings is 1. The average molecular weight is 276 g/mol. The molecule has 0 amide bonds. The highest BCUT2D eigenvalue weighted by Gasteiger charge is 2.19. The predicted octanol–water partition coefficient (Wildman–Crippen LogP) is 3.83. The van der Waals surface area contributed by atoms with Gasteiger partial charge in [-0.05, 0) is 36.1 Å². The summed E-state index contributed by atoms with van der Waals surface area (Å²) >= 11 is 7.12. The van der Waals surface area contributed by atoms with E-state index in [0.717, 1.165) is 0 Å². The normalized spacial score (nSPS) is 21.8. The molecule has 58 valence electrons. The lowest BCUT2D eigenvalue weighted by molar-refractivity contribution is 0.903. The number of fused-ring (bicyclic) bond motifs is 1. The monoisotopic (exact) mass is 274 g/mol. The number of alkyl halides is 1. The van der Waals surface area contributed by atoms with E-state index in [1.165, 1.54) is 28.4 Å². The fraction of sp³-hybridized carbons (Fsp3) is 0.333. The molecular formula is C9H8Br2. The van der Waals surface area contributed by atoms with Gasteiger partial charge in [0, 0.05) is 9.30 Å². The second kappa shape index (κ2) is 2.91. The van der Waals surface area contributed by atoms with Crippen molar-refractivity contribution in [2.75, 3.05) is 0 Å². The van der Waals surface area contributed by atoms with Gasteiger partial charge in [-0.2, -0.15) is 0 Å². The molecule has 11 heavy (non-hydrogen) atoms. The third-order valence-corrected chi connectivity index (χ3v) is 3.56. The first-order valence-electron chi connectivity index (χ1n) is 3.70. The van der Waals surface area contributed by atoms with Gasteiger partial charge in [-0.3, -0.25) is 0 Å². The smallest absolute Gasteiger partial charge is 0.0401 e. The fourth-order valence-corrected chi connectivity index (χ4v) is 2.56. The van der Waals surface area contributed by atoms with Crippen LogP contribution in [0.2, 0.25) is 0 Å². The average Bonchev–Trinajstić information content (AvgIpc) is 2.33. The van der Waals surface area contributed by atoms with Gasteiger partial charge < -0.3 is 0 Å². The van der Waals surface area contributed by atoms with Crippen molar-refractivity contribution < 1.29 is 0 Å². The molecule has 1 aromatic carbocycles. The number of rotatable bonds is 0. The first-order chi connectivity index (χ1) is 5.27. The zero-order valence-electron chi connectivity index (χ0n) is 5.98. The summed E-state index contributed by atoms with van der Waals surface area (Å²) in [6, 6.07) is 6.53. The lowest BCUT2D eigenvalue weighted by atomic mass is 10.1. The van der Waals surface area contributed by atoms with E-state index in [9.17, 15) is 0 Å². The predicted molar refractivity (Wildman–Crippen MR) is 54.1 cm³/mol. The Morgan fingerprint density at radius 2 is 2.18 bits per heavy atom. The first-order valence-corrected chi connectivity index (χ1v) is 5.40. The van der Waals surface area contributed by atoms with Crippen LogP contribution < -0.4 is 0 Å². The van der Waals surface area contributed by atoms with Crippen molar-refractivity contribution >= 4 is 31.9 Å². The SMILES string of the molecule is Brc1ccc2c(c1)C(Br)CC2. The molecule has 1 unspecified atom stereocenters. The van der Waals surface area contributed by atoms with Crippen LogP contribution in [0, 0.1) is 0 Å². The topological polar surface area (TPSA) is 0 Å². The Hall–Kier alpha value is 0.180. The van der Waals surface area contributed by atoms with Crippen molar-refractivity contribution in [2.45, 2.75) is 17.7 Å². The highest BCUT2D eigenvalue weighted by atomic mass is 79.9. The lowest BCUT2D eigenvalue weighted by Gasteiger charge is -2.02. The van der Waals surface area contributed by atoms with E-state index >= 15 is 0 Å². The molecule has 0 bridgehead atoms. The molecule has 1 aliphatic carbocycles. The molecule has 1 aromatic rings. The second-order valence-electron chi connectivity index (χ2n) is 2.85. The summed E-state index contributed by atoms with van der Waals surface area (Å²) in [7, 11) is 0. The molecule has 2 rings (SSSR count). The van der Waals surface area contributed by atoms with Crippen molar-refractivity contribution in [2.24, 2.45) is 0 Å². The van der Waals surface area contributed by atoms with E-state index in [4.69, 9.17) is 0 Å². The Morgan fingerprint density at radius 3 is 3.00 bits per heavy atom. The molecule has 0 nitrogen and oxygen atoms in total. The van der Waals surface area contributed by atoms with Gasteiger partial charge in [-0.25, -0.2) is 0 Å². The van der Waals surface area contributed by atoms with Crippen molar-refractivity contribution in [1.29, 1.82) is 0 Å². The maximum atomic E-state index is 3.65. The quantitative estimate of drug-likeness (QED) is 0.632. The molecule has 0 spiro atoms. The van der Waals surface area contributed by atoms with Crippen LogP contribution in [0.5, 0.6) is 0 Å². The molecule has 0 heterocycles. The summed E-state index contributed by atoms with van der Waals surface area (Å²) in [6.07, 6.45) is 2.46. The van der Waals surface area contributed by atoms with E-state index < -0.39 is 0 Å². The van der Waals surface area contributed by atoms with Crippen molar-refractivity contribution in [3.05, 3.63) is 33.8 Å². The Kier molecular flexibility index (Phi) is 2.06. The van der Waals surface area contributed by atoms with Crippen LogP contribution in [0.3, 0.4) is 0 Å². The molecule has 0 radical (unpaired) electrons. The minimum Gasteiger partial charge on any atom is -0.0839 e. The number of halogens is 2. The summed E-state index contributed by atoms with van der Waals surface area (Å²) < 4.78 is 1.18. The molecule has 0 aliphatic heterocycles. The van der Waals surface area contributed by atoms with Crippen LogP contribution in [0.15, 0.2) is 22.7 Å². The molecule has 2 heteroatoms. The van der Waals surface area contributed by atoms with Gasteiger partial charge in [0.05, 0.1) is 0 Å². The maximum Gasteiger partial charge on any atom is 0.0401 e. The van der Waals surface area contributed by atoms with E-state index in [2.05, 4.69) is 50.1 Å². The third kappa shape index (κ3) is 1.38. The molecule has 0 saturated carbocycles. The Balaban J connectivity index is 2.52. The summed E-state index contributed by atoms with van der Waals surface area (Å²) in [5.41, 5.74) is 2.95. The number of hydrogen-bond donors (Lipinski definition) is 0. The third-order valence-electron chi connectivity index (χ3n) is 2.11. The van der Waals surface area contributed by atoms with E-state index in [0.29, 0.717) is 4.83 Å². The Bertz CT molecular complexity index is 281. The minimum absolute atomic E-state index is 0.579. The van der Waals surface area contributed by atoms with Gasteiger partial charge in [-0.15, -0.1) is 0 Å². The van der Waals surface area contributed by atoms with Gasteiger partial charge >= 0.3 is 0 Å².